The molecule has 0 spiro atoms. The first-order valence-electron chi connectivity index (χ1n) is 6.08. The standard InChI is InChI=1S/C13H9ClF5N3O/c1-22(8-3-2-7(15)11(14)12(8)16)9-4-21-10(5-20-9)23-6-13(17,18)19/h2-5H,6H2,1H3. The van der Waals surface area contributed by atoms with Gasteiger partial charge in [0.25, 0.3) is 0 Å². The zero-order valence-electron chi connectivity index (χ0n) is 11.5. The lowest BCUT2D eigenvalue weighted by atomic mass is 10.2. The summed E-state index contributed by atoms with van der Waals surface area (Å²) in [5.74, 6) is -2.14. The maximum atomic E-state index is 13.9. The van der Waals surface area contributed by atoms with Crippen molar-refractivity contribution in [1.29, 1.82) is 0 Å². The predicted molar refractivity (Wildman–Crippen MR) is 73.0 cm³/mol. The molecule has 0 N–H and O–H groups in total. The second kappa shape index (κ2) is 6.53. The Hall–Kier alpha value is -2.16. The van der Waals surface area contributed by atoms with Crippen molar-refractivity contribution >= 4 is 23.1 Å². The van der Waals surface area contributed by atoms with Crippen LogP contribution in [-0.2, 0) is 0 Å². The Morgan fingerprint density at radius 2 is 1.87 bits per heavy atom. The molecule has 0 aliphatic rings. The Labute approximate surface area is 132 Å². The molecule has 0 fully saturated rings. The van der Waals surface area contributed by atoms with Crippen molar-refractivity contribution in [3.63, 3.8) is 0 Å². The number of halogens is 6. The van der Waals surface area contributed by atoms with Crippen LogP contribution in [0.5, 0.6) is 5.88 Å². The first-order valence-corrected chi connectivity index (χ1v) is 6.45. The zero-order chi connectivity index (χ0) is 17.2. The molecule has 4 nitrogen and oxygen atoms in total. The molecule has 0 unspecified atom stereocenters. The summed E-state index contributed by atoms with van der Waals surface area (Å²) in [5.41, 5.74) is -0.0744. The van der Waals surface area contributed by atoms with Gasteiger partial charge in [-0.15, -0.1) is 0 Å². The first kappa shape index (κ1) is 17.2. The smallest absolute Gasteiger partial charge is 0.422 e. The van der Waals surface area contributed by atoms with E-state index in [1.807, 2.05) is 0 Å². The second-order valence-corrected chi connectivity index (χ2v) is 4.75. The van der Waals surface area contributed by atoms with Crippen LogP contribution in [0.4, 0.5) is 33.5 Å². The monoisotopic (exact) mass is 353 g/mol. The molecule has 0 saturated carbocycles. The van der Waals surface area contributed by atoms with Gasteiger partial charge in [0.15, 0.2) is 18.2 Å². The molecule has 0 atom stereocenters. The lowest BCUT2D eigenvalue weighted by molar-refractivity contribution is -0.154. The zero-order valence-corrected chi connectivity index (χ0v) is 12.3. The number of aromatic nitrogens is 2. The number of alkyl halides is 3. The summed E-state index contributed by atoms with van der Waals surface area (Å²) in [6.45, 7) is -1.50. The Bertz CT molecular complexity index is 693. The molecule has 1 heterocycles. The fourth-order valence-corrected chi connectivity index (χ4v) is 1.77. The third-order valence-electron chi connectivity index (χ3n) is 2.72. The largest absolute Gasteiger partial charge is 0.467 e. The molecule has 2 rings (SSSR count). The molecule has 1 aromatic carbocycles. The second-order valence-electron chi connectivity index (χ2n) is 4.37. The van der Waals surface area contributed by atoms with E-state index in [9.17, 15) is 22.0 Å². The van der Waals surface area contributed by atoms with E-state index < -0.39 is 29.4 Å². The number of nitrogens with zero attached hydrogens (tertiary/aromatic N) is 3. The quantitative estimate of drug-likeness (QED) is 0.612. The SMILES string of the molecule is CN(c1cnc(OCC(F)(F)F)cn1)c1ccc(F)c(Cl)c1F. The molecule has 124 valence electrons. The lowest BCUT2D eigenvalue weighted by Crippen LogP contribution is -2.20. The predicted octanol–water partition coefficient (Wildman–Crippen LogP) is 4.12. The van der Waals surface area contributed by atoms with Crippen LogP contribution in [0.2, 0.25) is 5.02 Å². The van der Waals surface area contributed by atoms with Gasteiger partial charge in [0.2, 0.25) is 5.88 Å². The summed E-state index contributed by atoms with van der Waals surface area (Å²) < 4.78 is 67.5. The van der Waals surface area contributed by atoms with Gasteiger partial charge in [-0.3, -0.25) is 0 Å². The van der Waals surface area contributed by atoms with Gasteiger partial charge in [-0.2, -0.15) is 13.2 Å². The average molecular weight is 354 g/mol. The van der Waals surface area contributed by atoms with E-state index in [4.69, 9.17) is 11.6 Å². The third kappa shape index (κ3) is 4.19. The normalized spacial score (nSPS) is 11.4. The highest BCUT2D eigenvalue weighted by molar-refractivity contribution is 6.31. The van der Waals surface area contributed by atoms with Gasteiger partial charge in [0.1, 0.15) is 10.8 Å². The summed E-state index contributed by atoms with van der Waals surface area (Å²) in [6, 6.07) is 2.12. The van der Waals surface area contributed by atoms with Gasteiger partial charge in [-0.1, -0.05) is 11.6 Å². The Balaban J connectivity index is 2.18. The summed E-state index contributed by atoms with van der Waals surface area (Å²) in [4.78, 5) is 8.67. The number of anilines is 2. The van der Waals surface area contributed by atoms with E-state index >= 15 is 0 Å². The molecule has 23 heavy (non-hydrogen) atoms. The summed E-state index contributed by atoms with van der Waals surface area (Å²) in [7, 11) is 1.41. The minimum atomic E-state index is -4.49. The molecular weight excluding hydrogens is 345 g/mol. The fraction of sp³-hybridized carbons (Fsp3) is 0.231. The number of rotatable bonds is 4. The van der Waals surface area contributed by atoms with Gasteiger partial charge in [0, 0.05) is 7.05 Å². The van der Waals surface area contributed by atoms with Gasteiger partial charge >= 0.3 is 6.18 Å². The number of ether oxygens (including phenoxy) is 1. The van der Waals surface area contributed by atoms with Crippen LogP contribution in [-0.4, -0.2) is 29.8 Å². The molecule has 0 amide bonds. The third-order valence-corrected chi connectivity index (χ3v) is 3.06. The van der Waals surface area contributed by atoms with Gasteiger partial charge in [-0.25, -0.2) is 18.7 Å². The maximum Gasteiger partial charge on any atom is 0.422 e. The van der Waals surface area contributed by atoms with Crippen LogP contribution in [0, 0.1) is 11.6 Å². The van der Waals surface area contributed by atoms with Crippen molar-refractivity contribution in [1.82, 2.24) is 9.97 Å². The molecule has 10 heteroatoms. The number of benzene rings is 1. The van der Waals surface area contributed by atoms with Gasteiger partial charge in [-0.05, 0) is 12.1 Å². The van der Waals surface area contributed by atoms with Crippen LogP contribution in [0.1, 0.15) is 0 Å². The van der Waals surface area contributed by atoms with Crippen molar-refractivity contribution in [3.05, 3.63) is 41.2 Å². The molecule has 0 radical (unpaired) electrons. The van der Waals surface area contributed by atoms with E-state index in [0.717, 1.165) is 24.5 Å². The van der Waals surface area contributed by atoms with Gasteiger partial charge < -0.3 is 9.64 Å². The highest BCUT2D eigenvalue weighted by Gasteiger charge is 2.28. The molecule has 1 aromatic heterocycles. The van der Waals surface area contributed by atoms with Crippen LogP contribution in [0.25, 0.3) is 0 Å². The van der Waals surface area contributed by atoms with E-state index in [1.165, 1.54) is 11.9 Å². The summed E-state index contributed by atoms with van der Waals surface area (Å²) >= 11 is 5.48. The van der Waals surface area contributed by atoms with E-state index in [2.05, 4.69) is 14.7 Å². The van der Waals surface area contributed by atoms with Gasteiger partial charge in [0.05, 0.1) is 18.1 Å². The number of hydrogen-bond donors (Lipinski definition) is 0. The molecule has 2 aromatic rings. The molecular formula is C13H9ClF5N3O. The number of hydrogen-bond acceptors (Lipinski definition) is 4. The Morgan fingerprint density at radius 3 is 2.43 bits per heavy atom. The summed E-state index contributed by atoms with van der Waals surface area (Å²) in [5, 5.41) is -0.674. The molecule has 0 saturated heterocycles. The minimum Gasteiger partial charge on any atom is -0.467 e. The van der Waals surface area contributed by atoms with E-state index in [0.29, 0.717) is 0 Å². The average Bonchev–Trinajstić information content (AvgIpc) is 2.50. The highest BCUT2D eigenvalue weighted by atomic mass is 35.5. The summed E-state index contributed by atoms with van der Waals surface area (Å²) in [6.07, 6.45) is -2.45. The van der Waals surface area contributed by atoms with Crippen molar-refractivity contribution in [2.75, 3.05) is 18.6 Å². The molecule has 0 aliphatic carbocycles. The van der Waals surface area contributed by atoms with Crippen LogP contribution >= 0.6 is 11.6 Å². The van der Waals surface area contributed by atoms with Crippen LogP contribution < -0.4 is 9.64 Å². The van der Waals surface area contributed by atoms with Crippen molar-refractivity contribution < 1.29 is 26.7 Å². The first-order chi connectivity index (χ1) is 10.7. The van der Waals surface area contributed by atoms with Crippen molar-refractivity contribution in [3.8, 4) is 5.88 Å². The van der Waals surface area contributed by atoms with Crippen LogP contribution in [0.15, 0.2) is 24.5 Å². The fourth-order valence-electron chi connectivity index (χ4n) is 1.61. The van der Waals surface area contributed by atoms with Crippen LogP contribution in [0.3, 0.4) is 0 Å². The van der Waals surface area contributed by atoms with E-state index in [-0.39, 0.29) is 17.4 Å². The molecule has 0 bridgehead atoms. The van der Waals surface area contributed by atoms with E-state index in [1.54, 1.807) is 0 Å². The minimum absolute atomic E-state index is 0.0744. The highest BCUT2D eigenvalue weighted by Crippen LogP contribution is 2.31. The Morgan fingerprint density at radius 1 is 1.17 bits per heavy atom. The lowest BCUT2D eigenvalue weighted by Gasteiger charge is -2.19. The maximum absolute atomic E-state index is 13.9. The topological polar surface area (TPSA) is 38.2 Å². The van der Waals surface area contributed by atoms with Crippen molar-refractivity contribution in [2.45, 2.75) is 6.18 Å². The van der Waals surface area contributed by atoms with Crippen molar-refractivity contribution in [2.24, 2.45) is 0 Å². The molecule has 0 aliphatic heterocycles. The Kier molecular flexibility index (Phi) is 4.88.